The summed E-state index contributed by atoms with van der Waals surface area (Å²) in [5.74, 6) is 0.909. The molecule has 0 saturated heterocycles. The van der Waals surface area contributed by atoms with E-state index in [-0.39, 0.29) is 30.6 Å². The molecule has 6 rings (SSSR count). The molecule has 0 aliphatic carbocycles. The molecule has 4 heterocycles. The average Bonchev–Trinajstić information content (AvgIpc) is 3.69. The molecule has 0 radical (unpaired) electrons. The Kier molecular flexibility index (Phi) is 8.99. The number of carbonyl (C=O) groups excluding carboxylic acids is 3. The van der Waals surface area contributed by atoms with Gasteiger partial charge in [-0.15, -0.1) is 11.6 Å². The van der Waals surface area contributed by atoms with Crippen molar-refractivity contribution in [1.29, 1.82) is 0 Å². The van der Waals surface area contributed by atoms with Gasteiger partial charge in [-0.2, -0.15) is 0 Å². The summed E-state index contributed by atoms with van der Waals surface area (Å²) in [6.45, 7) is 6.83. The van der Waals surface area contributed by atoms with E-state index in [9.17, 15) is 14.4 Å². The van der Waals surface area contributed by atoms with Crippen molar-refractivity contribution in [2.75, 3.05) is 17.7 Å². The zero-order valence-corrected chi connectivity index (χ0v) is 28.6. The molecule has 11 nitrogen and oxygen atoms in total. The summed E-state index contributed by atoms with van der Waals surface area (Å²) in [5.41, 5.74) is 3.76. The van der Waals surface area contributed by atoms with Gasteiger partial charge in [0.1, 0.15) is 17.1 Å². The van der Waals surface area contributed by atoms with E-state index in [1.165, 1.54) is 0 Å². The Morgan fingerprint density at radius 3 is 2.32 bits per heavy atom. The maximum atomic E-state index is 13.5. The predicted octanol–water partition coefficient (Wildman–Crippen LogP) is 7.07. The van der Waals surface area contributed by atoms with Crippen molar-refractivity contribution in [3.05, 3.63) is 75.1 Å². The fraction of sp³-hybridized carbons (Fsp3) is 0.364. The molecule has 3 amide bonds. The van der Waals surface area contributed by atoms with Crippen LogP contribution in [-0.4, -0.2) is 60.3 Å². The fourth-order valence-corrected chi connectivity index (χ4v) is 6.45. The van der Waals surface area contributed by atoms with Crippen LogP contribution < -0.4 is 5.32 Å². The molecule has 1 N–H and O–H groups in total. The molecule has 0 saturated carbocycles. The molecule has 47 heavy (non-hydrogen) atoms. The Hall–Kier alpha value is -4.06. The van der Waals surface area contributed by atoms with Gasteiger partial charge in [-0.1, -0.05) is 47.5 Å². The molecule has 2 aromatic heterocycles. The molecule has 0 spiro atoms. The molecule has 0 atom stereocenters. The second-order valence-corrected chi connectivity index (χ2v) is 13.5. The van der Waals surface area contributed by atoms with Gasteiger partial charge in [0, 0.05) is 49.1 Å². The summed E-state index contributed by atoms with van der Waals surface area (Å²) < 4.78 is 13.3. The molecular weight excluding hydrogens is 667 g/mol. The Morgan fingerprint density at radius 2 is 1.62 bits per heavy atom. The Morgan fingerprint density at radius 1 is 0.936 bits per heavy atom. The minimum Gasteiger partial charge on any atom is -0.444 e. The first-order valence-corrected chi connectivity index (χ1v) is 16.4. The molecular formula is C33H33Cl3N6O5. The minimum atomic E-state index is -0.614. The third-order valence-electron chi connectivity index (χ3n) is 7.99. The summed E-state index contributed by atoms with van der Waals surface area (Å²) in [4.78, 5) is 50.8. The van der Waals surface area contributed by atoms with E-state index in [4.69, 9.17) is 44.0 Å². The number of ether oxygens (including phenoxy) is 1. The number of halogens is 3. The monoisotopic (exact) mass is 698 g/mol. The first-order chi connectivity index (χ1) is 22.3. The molecule has 2 aliphatic heterocycles. The highest BCUT2D eigenvalue weighted by Gasteiger charge is 2.31. The quantitative estimate of drug-likeness (QED) is 0.214. The third kappa shape index (κ3) is 6.57. The van der Waals surface area contributed by atoms with Crippen molar-refractivity contribution < 1.29 is 23.5 Å². The normalized spacial score (nSPS) is 14.2. The van der Waals surface area contributed by atoms with E-state index in [1.807, 2.05) is 39.0 Å². The minimum absolute atomic E-state index is 0.0521. The molecule has 2 aromatic carbocycles. The summed E-state index contributed by atoms with van der Waals surface area (Å²) >= 11 is 19.5. The lowest BCUT2D eigenvalue weighted by Crippen LogP contribution is -2.40. The maximum absolute atomic E-state index is 13.5. The number of hydrogen-bond donors (Lipinski definition) is 1. The summed E-state index contributed by atoms with van der Waals surface area (Å²) in [7, 11) is 1.78. The largest absolute Gasteiger partial charge is 0.444 e. The Labute approximate surface area is 286 Å². The van der Waals surface area contributed by atoms with Crippen LogP contribution in [0.1, 0.15) is 60.7 Å². The van der Waals surface area contributed by atoms with Crippen LogP contribution in [0, 0.1) is 0 Å². The van der Waals surface area contributed by atoms with Crippen LogP contribution in [0.15, 0.2) is 40.8 Å². The van der Waals surface area contributed by atoms with Crippen molar-refractivity contribution in [1.82, 2.24) is 24.3 Å². The molecule has 14 heteroatoms. The number of hydrogen-bond acceptors (Lipinski definition) is 7. The molecule has 4 aromatic rings. The van der Waals surface area contributed by atoms with Gasteiger partial charge in [-0.3, -0.25) is 9.59 Å². The Balaban J connectivity index is 1.21. The van der Waals surface area contributed by atoms with Crippen LogP contribution in [-0.2, 0) is 42.6 Å². The lowest BCUT2D eigenvalue weighted by molar-refractivity contribution is -0.131. The molecule has 246 valence electrons. The van der Waals surface area contributed by atoms with Crippen LogP contribution >= 0.6 is 34.8 Å². The zero-order chi connectivity index (χ0) is 33.6. The zero-order valence-electron chi connectivity index (χ0n) is 26.3. The van der Waals surface area contributed by atoms with Gasteiger partial charge >= 0.3 is 6.09 Å². The van der Waals surface area contributed by atoms with E-state index >= 15 is 0 Å². The first kappa shape index (κ1) is 32.9. The average molecular weight is 700 g/mol. The number of alkyl halides is 1. The van der Waals surface area contributed by atoms with Gasteiger partial charge in [-0.25, -0.2) is 14.8 Å². The second kappa shape index (κ2) is 12.9. The Bertz CT molecular complexity index is 1870. The number of nitrogens with one attached hydrogen (secondary N) is 1. The number of fused-ring (bicyclic) bond motifs is 2. The first-order valence-electron chi connectivity index (χ1n) is 15.1. The maximum Gasteiger partial charge on any atom is 0.410 e. The van der Waals surface area contributed by atoms with E-state index in [0.717, 1.165) is 5.69 Å². The van der Waals surface area contributed by atoms with Crippen molar-refractivity contribution in [2.45, 2.75) is 58.8 Å². The molecule has 2 aliphatic rings. The number of anilines is 1. The number of nitrogens with zero attached hydrogens (tertiary/aromatic N) is 5. The van der Waals surface area contributed by atoms with E-state index in [0.29, 0.717) is 81.5 Å². The van der Waals surface area contributed by atoms with E-state index < -0.39 is 17.6 Å². The number of oxazole rings is 1. The molecule has 0 bridgehead atoms. The topological polar surface area (TPSA) is 123 Å². The third-order valence-corrected chi connectivity index (χ3v) is 8.99. The smallest absolute Gasteiger partial charge is 0.410 e. The second-order valence-electron chi connectivity index (χ2n) is 12.4. The van der Waals surface area contributed by atoms with Gasteiger partial charge in [0.05, 0.1) is 46.6 Å². The van der Waals surface area contributed by atoms with Crippen LogP contribution in [0.3, 0.4) is 0 Å². The molecule has 0 unspecified atom stereocenters. The number of carbonyl (C=O) groups is 3. The van der Waals surface area contributed by atoms with Crippen LogP contribution in [0.5, 0.6) is 0 Å². The number of aromatic nitrogens is 3. The lowest BCUT2D eigenvalue weighted by atomic mass is 10.0. The van der Waals surface area contributed by atoms with Crippen molar-refractivity contribution in [3.8, 4) is 22.6 Å². The number of benzene rings is 2. The van der Waals surface area contributed by atoms with Gasteiger partial charge in [-0.05, 0) is 32.9 Å². The van der Waals surface area contributed by atoms with E-state index in [2.05, 4.69) is 15.3 Å². The van der Waals surface area contributed by atoms with Crippen molar-refractivity contribution >= 4 is 58.4 Å². The van der Waals surface area contributed by atoms with Crippen LogP contribution in [0.25, 0.3) is 22.6 Å². The standard InChI is InChI=1S/C33H33Cl3N6O5/c1-33(2,3)47-32(45)41-14-12-24-22(15-41)37-29(40(24)4)30(44)38-21-10-6-8-19(28(21)36)18-7-5-9-20(27(18)35)31-39-23-16-42(17-25(23)46-31)26(43)11-13-34/h5-10H,11-17H2,1-4H3,(H,38,44). The SMILES string of the molecule is Cn1c(C(=O)Nc2cccc(-c3cccc(-c4nc5c(o4)CN(C(=O)CCCl)C5)c3Cl)c2Cl)nc2c1CCN(C(=O)OC(C)(C)C)C2. The highest BCUT2D eigenvalue weighted by Crippen LogP contribution is 2.42. The van der Waals surface area contributed by atoms with Crippen LogP contribution in [0.4, 0.5) is 10.5 Å². The van der Waals surface area contributed by atoms with Crippen molar-refractivity contribution in [3.63, 3.8) is 0 Å². The lowest BCUT2D eigenvalue weighted by Gasteiger charge is -2.29. The highest BCUT2D eigenvalue weighted by atomic mass is 35.5. The van der Waals surface area contributed by atoms with E-state index in [1.54, 1.807) is 39.6 Å². The molecule has 0 fully saturated rings. The van der Waals surface area contributed by atoms with Gasteiger partial charge in [0.25, 0.3) is 5.91 Å². The van der Waals surface area contributed by atoms with Gasteiger partial charge in [0.2, 0.25) is 11.8 Å². The highest BCUT2D eigenvalue weighted by molar-refractivity contribution is 6.39. The number of rotatable bonds is 6. The van der Waals surface area contributed by atoms with Crippen LogP contribution in [0.2, 0.25) is 10.0 Å². The summed E-state index contributed by atoms with van der Waals surface area (Å²) in [6, 6.07) is 10.7. The number of imidazole rings is 1. The van der Waals surface area contributed by atoms with Gasteiger partial charge in [0.15, 0.2) is 5.82 Å². The predicted molar refractivity (Wildman–Crippen MR) is 178 cm³/mol. The van der Waals surface area contributed by atoms with Gasteiger partial charge < -0.3 is 28.8 Å². The summed E-state index contributed by atoms with van der Waals surface area (Å²) in [5, 5.41) is 3.56. The fourth-order valence-electron chi connectivity index (χ4n) is 5.70. The number of amides is 3. The van der Waals surface area contributed by atoms with Crippen molar-refractivity contribution in [2.24, 2.45) is 7.05 Å². The summed E-state index contributed by atoms with van der Waals surface area (Å²) in [6.07, 6.45) is 0.374.